The fourth-order valence-corrected chi connectivity index (χ4v) is 2.21. The molecule has 3 rings (SSSR count). The van der Waals surface area contributed by atoms with Crippen molar-refractivity contribution in [1.29, 1.82) is 0 Å². The molecule has 0 aliphatic carbocycles. The van der Waals surface area contributed by atoms with Gasteiger partial charge in [0.25, 0.3) is 0 Å². The number of hydrogen-bond acceptors (Lipinski definition) is 3. The van der Waals surface area contributed by atoms with Gasteiger partial charge in [0, 0.05) is 11.6 Å². The zero-order valence-corrected chi connectivity index (χ0v) is 12.0. The molecule has 1 aromatic heterocycles. The van der Waals surface area contributed by atoms with Crippen molar-refractivity contribution in [2.45, 2.75) is 6.92 Å². The number of para-hydroxylation sites is 2. The maximum absolute atomic E-state index is 5.79. The Labute approximate surface area is 124 Å². The maximum Gasteiger partial charge on any atom is 0.145 e. The molecule has 21 heavy (non-hydrogen) atoms. The summed E-state index contributed by atoms with van der Waals surface area (Å²) in [6.07, 6.45) is 1.78. The molecule has 0 atom stereocenters. The predicted molar refractivity (Wildman–Crippen MR) is 83.9 cm³/mol. The van der Waals surface area contributed by atoms with Crippen LogP contribution in [0.15, 0.2) is 60.8 Å². The Kier molecular flexibility index (Phi) is 4.01. The summed E-state index contributed by atoms with van der Waals surface area (Å²) in [5, 5.41) is 1.08. The summed E-state index contributed by atoms with van der Waals surface area (Å²) >= 11 is 0. The van der Waals surface area contributed by atoms with Gasteiger partial charge < -0.3 is 9.47 Å². The predicted octanol–water partition coefficient (Wildman–Crippen LogP) is 4.00. The molecule has 0 fully saturated rings. The lowest BCUT2D eigenvalue weighted by Gasteiger charge is -2.11. The van der Waals surface area contributed by atoms with E-state index in [-0.39, 0.29) is 0 Å². The molecule has 3 heteroatoms. The first-order valence-electron chi connectivity index (χ1n) is 6.99. The topological polar surface area (TPSA) is 31.4 Å². The van der Waals surface area contributed by atoms with E-state index in [1.165, 1.54) is 0 Å². The van der Waals surface area contributed by atoms with E-state index in [2.05, 4.69) is 4.98 Å². The largest absolute Gasteiger partial charge is 0.490 e. The van der Waals surface area contributed by atoms with Crippen molar-refractivity contribution >= 4 is 10.9 Å². The van der Waals surface area contributed by atoms with Crippen LogP contribution in [-0.4, -0.2) is 18.2 Å². The molecule has 0 amide bonds. The van der Waals surface area contributed by atoms with Crippen molar-refractivity contribution in [2.75, 3.05) is 13.2 Å². The van der Waals surface area contributed by atoms with Crippen molar-refractivity contribution in [3.8, 4) is 11.5 Å². The van der Waals surface area contributed by atoms with E-state index in [1.807, 2.05) is 61.5 Å². The molecule has 0 aliphatic heterocycles. The lowest BCUT2D eigenvalue weighted by Crippen LogP contribution is -2.09. The molecule has 1 heterocycles. The van der Waals surface area contributed by atoms with Gasteiger partial charge >= 0.3 is 0 Å². The van der Waals surface area contributed by atoms with Crippen LogP contribution in [0, 0.1) is 6.92 Å². The van der Waals surface area contributed by atoms with Gasteiger partial charge in [0.15, 0.2) is 0 Å². The van der Waals surface area contributed by atoms with Crippen LogP contribution in [0.2, 0.25) is 0 Å². The Morgan fingerprint density at radius 3 is 2.38 bits per heavy atom. The molecule has 2 aromatic carbocycles. The van der Waals surface area contributed by atoms with Crippen LogP contribution in [-0.2, 0) is 0 Å². The number of hydrogen-bond donors (Lipinski definition) is 0. The van der Waals surface area contributed by atoms with Gasteiger partial charge in [0.05, 0.1) is 0 Å². The number of aromatic nitrogens is 1. The highest BCUT2D eigenvalue weighted by molar-refractivity contribution is 5.84. The number of rotatable bonds is 5. The van der Waals surface area contributed by atoms with Gasteiger partial charge in [-0.25, -0.2) is 0 Å². The van der Waals surface area contributed by atoms with E-state index >= 15 is 0 Å². The Hall–Kier alpha value is -2.55. The SMILES string of the molecule is Cc1ccccc1OCCOc1cccc2cccnc12. The molecule has 0 unspecified atom stereocenters. The third-order valence-corrected chi connectivity index (χ3v) is 3.29. The molecule has 0 spiro atoms. The Morgan fingerprint density at radius 2 is 1.52 bits per heavy atom. The van der Waals surface area contributed by atoms with Crippen LogP contribution in [0.25, 0.3) is 10.9 Å². The average molecular weight is 279 g/mol. The van der Waals surface area contributed by atoms with E-state index in [4.69, 9.17) is 9.47 Å². The van der Waals surface area contributed by atoms with Gasteiger partial charge in [0.2, 0.25) is 0 Å². The molecule has 0 bridgehead atoms. The number of benzene rings is 2. The van der Waals surface area contributed by atoms with Crippen LogP contribution >= 0.6 is 0 Å². The number of pyridine rings is 1. The standard InChI is InChI=1S/C18H17NO2/c1-14-6-2-3-9-16(14)20-12-13-21-17-10-4-7-15-8-5-11-19-18(15)17/h2-11H,12-13H2,1H3. The number of ether oxygens (including phenoxy) is 2. The molecule has 3 aromatic rings. The van der Waals surface area contributed by atoms with E-state index in [0.29, 0.717) is 13.2 Å². The van der Waals surface area contributed by atoms with Crippen molar-refractivity contribution in [3.63, 3.8) is 0 Å². The van der Waals surface area contributed by atoms with Gasteiger partial charge in [-0.3, -0.25) is 4.98 Å². The molecule has 106 valence electrons. The zero-order valence-electron chi connectivity index (χ0n) is 12.0. The summed E-state index contributed by atoms with van der Waals surface area (Å²) in [7, 11) is 0. The lowest BCUT2D eigenvalue weighted by atomic mass is 10.2. The minimum Gasteiger partial charge on any atom is -0.490 e. The van der Waals surface area contributed by atoms with Crippen LogP contribution in [0.4, 0.5) is 0 Å². The van der Waals surface area contributed by atoms with E-state index in [1.54, 1.807) is 6.20 Å². The smallest absolute Gasteiger partial charge is 0.145 e. The van der Waals surface area contributed by atoms with Crippen molar-refractivity contribution in [3.05, 3.63) is 66.4 Å². The number of fused-ring (bicyclic) bond motifs is 1. The Morgan fingerprint density at radius 1 is 0.810 bits per heavy atom. The lowest BCUT2D eigenvalue weighted by molar-refractivity contribution is 0.217. The molecule has 0 saturated heterocycles. The first kappa shape index (κ1) is 13.4. The first-order valence-corrected chi connectivity index (χ1v) is 6.99. The molecule has 0 saturated carbocycles. The van der Waals surface area contributed by atoms with E-state index in [9.17, 15) is 0 Å². The number of aryl methyl sites for hydroxylation is 1. The second kappa shape index (κ2) is 6.27. The highest BCUT2D eigenvalue weighted by Gasteiger charge is 2.03. The van der Waals surface area contributed by atoms with Crippen LogP contribution in [0.3, 0.4) is 0 Å². The van der Waals surface area contributed by atoms with Gasteiger partial charge in [-0.2, -0.15) is 0 Å². The monoisotopic (exact) mass is 279 g/mol. The normalized spacial score (nSPS) is 10.5. The summed E-state index contributed by atoms with van der Waals surface area (Å²) in [6, 6.07) is 17.9. The van der Waals surface area contributed by atoms with E-state index < -0.39 is 0 Å². The van der Waals surface area contributed by atoms with Crippen LogP contribution in [0.5, 0.6) is 11.5 Å². The fourth-order valence-electron chi connectivity index (χ4n) is 2.21. The highest BCUT2D eigenvalue weighted by atomic mass is 16.5. The Balaban J connectivity index is 1.61. The summed E-state index contributed by atoms with van der Waals surface area (Å²) in [5.41, 5.74) is 2.01. The molecular weight excluding hydrogens is 262 g/mol. The van der Waals surface area contributed by atoms with Crippen molar-refractivity contribution < 1.29 is 9.47 Å². The molecule has 0 aliphatic rings. The third kappa shape index (κ3) is 3.14. The van der Waals surface area contributed by atoms with Gasteiger partial charge in [-0.15, -0.1) is 0 Å². The van der Waals surface area contributed by atoms with Gasteiger partial charge in [-0.1, -0.05) is 36.4 Å². The second-order valence-corrected chi connectivity index (χ2v) is 4.79. The van der Waals surface area contributed by atoms with Crippen LogP contribution in [0.1, 0.15) is 5.56 Å². The Bertz CT molecular complexity index is 735. The molecular formula is C18H17NO2. The molecule has 0 N–H and O–H groups in total. The van der Waals surface area contributed by atoms with Crippen LogP contribution < -0.4 is 9.47 Å². The summed E-state index contributed by atoms with van der Waals surface area (Å²) in [5.74, 6) is 1.69. The molecule has 3 nitrogen and oxygen atoms in total. The summed E-state index contributed by atoms with van der Waals surface area (Å²) < 4.78 is 11.5. The summed E-state index contributed by atoms with van der Waals surface area (Å²) in [4.78, 5) is 4.37. The quantitative estimate of drug-likeness (QED) is 0.661. The van der Waals surface area contributed by atoms with Gasteiger partial charge in [0.1, 0.15) is 30.2 Å². The van der Waals surface area contributed by atoms with E-state index in [0.717, 1.165) is 28.0 Å². The minimum atomic E-state index is 0.490. The zero-order chi connectivity index (χ0) is 14.5. The maximum atomic E-state index is 5.79. The minimum absolute atomic E-state index is 0.490. The number of nitrogens with zero attached hydrogens (tertiary/aromatic N) is 1. The van der Waals surface area contributed by atoms with Gasteiger partial charge in [-0.05, 0) is 30.7 Å². The summed E-state index contributed by atoms with van der Waals surface area (Å²) in [6.45, 7) is 3.03. The first-order chi connectivity index (χ1) is 10.3. The molecule has 0 radical (unpaired) electrons. The highest BCUT2D eigenvalue weighted by Crippen LogP contribution is 2.23. The fraction of sp³-hybridized carbons (Fsp3) is 0.167. The second-order valence-electron chi connectivity index (χ2n) is 4.79. The van der Waals surface area contributed by atoms with Crippen molar-refractivity contribution in [1.82, 2.24) is 4.98 Å². The third-order valence-electron chi connectivity index (χ3n) is 3.29. The van der Waals surface area contributed by atoms with Crippen molar-refractivity contribution in [2.24, 2.45) is 0 Å². The average Bonchev–Trinajstić information content (AvgIpc) is 2.53.